The van der Waals surface area contributed by atoms with Crippen molar-refractivity contribution in [3.8, 4) is 0 Å². The lowest BCUT2D eigenvalue weighted by atomic mass is 9.97. The molecule has 1 unspecified atom stereocenters. The van der Waals surface area contributed by atoms with E-state index >= 15 is 0 Å². The molecule has 0 saturated carbocycles. The van der Waals surface area contributed by atoms with Crippen LogP contribution in [0.15, 0.2) is 54.6 Å². The molecule has 1 atom stereocenters. The van der Waals surface area contributed by atoms with Crippen LogP contribution in [0.25, 0.3) is 0 Å². The summed E-state index contributed by atoms with van der Waals surface area (Å²) in [5.74, 6) is -0.446. The molecule has 2 N–H and O–H groups in total. The van der Waals surface area contributed by atoms with E-state index in [0.29, 0.717) is 5.56 Å². The average molecular weight is 280 g/mol. The van der Waals surface area contributed by atoms with Gasteiger partial charge in [-0.15, -0.1) is 0 Å². The van der Waals surface area contributed by atoms with Crippen LogP contribution in [0.3, 0.4) is 0 Å². The van der Waals surface area contributed by atoms with Crippen molar-refractivity contribution in [1.29, 1.82) is 0 Å². The lowest BCUT2D eigenvalue weighted by molar-refractivity contribution is -0.128. The fourth-order valence-electron chi connectivity index (χ4n) is 2.59. The van der Waals surface area contributed by atoms with E-state index in [0.717, 1.165) is 11.1 Å². The van der Waals surface area contributed by atoms with Crippen molar-refractivity contribution in [2.24, 2.45) is 5.73 Å². The molecule has 0 radical (unpaired) electrons. The minimum atomic E-state index is -0.371. The Bertz CT molecular complexity index is 682. The summed E-state index contributed by atoms with van der Waals surface area (Å²) < 4.78 is 0. The third-order valence-corrected chi connectivity index (χ3v) is 3.74. The molecule has 21 heavy (non-hydrogen) atoms. The highest BCUT2D eigenvalue weighted by Gasteiger charge is 2.31. The van der Waals surface area contributed by atoms with Crippen LogP contribution < -0.4 is 5.73 Å². The summed E-state index contributed by atoms with van der Waals surface area (Å²) >= 11 is 0. The molecule has 1 aliphatic heterocycles. The fraction of sp³-hybridized carbons (Fsp3) is 0.176. The topological polar surface area (TPSA) is 63.4 Å². The van der Waals surface area contributed by atoms with Gasteiger partial charge in [0.2, 0.25) is 5.91 Å². The SMILES string of the molecule is NC(CN1C(=O)Cc2ccccc2C1=O)c1ccccc1. The molecule has 2 aromatic carbocycles. The van der Waals surface area contributed by atoms with Gasteiger partial charge in [0.25, 0.3) is 5.91 Å². The maximum absolute atomic E-state index is 12.4. The van der Waals surface area contributed by atoms with Gasteiger partial charge in [0.1, 0.15) is 0 Å². The molecule has 0 bridgehead atoms. The van der Waals surface area contributed by atoms with E-state index < -0.39 is 0 Å². The lowest BCUT2D eigenvalue weighted by Crippen LogP contribution is -2.45. The summed E-state index contributed by atoms with van der Waals surface area (Å²) in [5, 5.41) is 0. The van der Waals surface area contributed by atoms with Gasteiger partial charge < -0.3 is 5.73 Å². The Morgan fingerprint density at radius 1 is 1.00 bits per heavy atom. The van der Waals surface area contributed by atoms with Crippen molar-refractivity contribution in [1.82, 2.24) is 4.90 Å². The Hall–Kier alpha value is -2.46. The summed E-state index contributed by atoms with van der Waals surface area (Å²) in [5.41, 5.74) is 8.42. The van der Waals surface area contributed by atoms with E-state index in [1.165, 1.54) is 4.90 Å². The number of amides is 2. The zero-order valence-corrected chi connectivity index (χ0v) is 11.5. The average Bonchev–Trinajstić information content (AvgIpc) is 2.52. The molecule has 2 amide bonds. The third-order valence-electron chi connectivity index (χ3n) is 3.74. The molecule has 1 heterocycles. The Morgan fingerprint density at radius 2 is 1.67 bits per heavy atom. The standard InChI is InChI=1S/C17H16N2O2/c18-15(12-6-2-1-3-7-12)11-19-16(20)10-13-8-4-5-9-14(13)17(19)21/h1-9,15H,10-11,18H2. The van der Waals surface area contributed by atoms with Gasteiger partial charge in [0, 0.05) is 18.2 Å². The Labute approximate surface area is 123 Å². The Balaban J connectivity index is 1.83. The second kappa shape index (κ2) is 5.50. The summed E-state index contributed by atoms with van der Waals surface area (Å²) in [6.07, 6.45) is 0.253. The second-order valence-electron chi connectivity index (χ2n) is 5.16. The van der Waals surface area contributed by atoms with Gasteiger partial charge in [-0.25, -0.2) is 0 Å². The van der Waals surface area contributed by atoms with Gasteiger partial charge in [0.05, 0.1) is 6.42 Å². The van der Waals surface area contributed by atoms with Crippen LogP contribution in [0.2, 0.25) is 0 Å². The molecule has 4 nitrogen and oxygen atoms in total. The normalized spacial score (nSPS) is 15.8. The van der Waals surface area contributed by atoms with Crippen LogP contribution in [0, 0.1) is 0 Å². The van der Waals surface area contributed by atoms with Crippen molar-refractivity contribution in [2.75, 3.05) is 6.54 Å². The molecule has 0 fully saturated rings. The van der Waals surface area contributed by atoms with Gasteiger partial charge in [-0.2, -0.15) is 0 Å². The number of nitrogens with two attached hydrogens (primary N) is 1. The first-order valence-electron chi connectivity index (χ1n) is 6.90. The van der Waals surface area contributed by atoms with Crippen molar-refractivity contribution in [2.45, 2.75) is 12.5 Å². The van der Waals surface area contributed by atoms with E-state index in [1.807, 2.05) is 48.5 Å². The second-order valence-corrected chi connectivity index (χ2v) is 5.16. The van der Waals surface area contributed by atoms with Gasteiger partial charge in [0.15, 0.2) is 0 Å². The first-order chi connectivity index (χ1) is 10.2. The number of imide groups is 1. The third kappa shape index (κ3) is 2.58. The largest absolute Gasteiger partial charge is 0.322 e. The number of fused-ring (bicyclic) bond motifs is 1. The Morgan fingerprint density at radius 3 is 2.43 bits per heavy atom. The predicted octanol–water partition coefficient (Wildman–Crippen LogP) is 1.91. The zero-order chi connectivity index (χ0) is 14.8. The highest BCUT2D eigenvalue weighted by Crippen LogP contribution is 2.21. The van der Waals surface area contributed by atoms with Gasteiger partial charge in [-0.05, 0) is 17.2 Å². The molecule has 2 aromatic rings. The molecule has 1 aliphatic rings. The molecule has 4 heteroatoms. The van der Waals surface area contributed by atoms with Crippen molar-refractivity contribution >= 4 is 11.8 Å². The maximum atomic E-state index is 12.4. The number of hydrogen-bond donors (Lipinski definition) is 1. The lowest BCUT2D eigenvalue weighted by Gasteiger charge is -2.29. The van der Waals surface area contributed by atoms with E-state index in [1.54, 1.807) is 6.07 Å². The maximum Gasteiger partial charge on any atom is 0.260 e. The van der Waals surface area contributed by atoms with Crippen LogP contribution in [0.5, 0.6) is 0 Å². The van der Waals surface area contributed by atoms with Crippen LogP contribution in [0.4, 0.5) is 0 Å². The van der Waals surface area contributed by atoms with Crippen molar-refractivity contribution < 1.29 is 9.59 Å². The minimum absolute atomic E-state index is 0.190. The quantitative estimate of drug-likeness (QED) is 0.874. The number of carbonyl (C=O) groups is 2. The van der Waals surface area contributed by atoms with Crippen molar-refractivity contribution in [3.63, 3.8) is 0 Å². The number of benzene rings is 2. The molecule has 0 spiro atoms. The van der Waals surface area contributed by atoms with Crippen LogP contribution in [0.1, 0.15) is 27.5 Å². The van der Waals surface area contributed by atoms with Gasteiger partial charge in [-0.1, -0.05) is 48.5 Å². The summed E-state index contributed by atoms with van der Waals surface area (Å²) in [6, 6.07) is 16.3. The summed E-state index contributed by atoms with van der Waals surface area (Å²) in [7, 11) is 0. The van der Waals surface area contributed by atoms with Crippen LogP contribution in [-0.4, -0.2) is 23.3 Å². The number of carbonyl (C=O) groups excluding carboxylic acids is 2. The van der Waals surface area contributed by atoms with E-state index in [2.05, 4.69) is 0 Å². The number of rotatable bonds is 3. The van der Waals surface area contributed by atoms with E-state index in [9.17, 15) is 9.59 Å². The van der Waals surface area contributed by atoms with Crippen LogP contribution in [-0.2, 0) is 11.2 Å². The first kappa shape index (κ1) is 13.5. The minimum Gasteiger partial charge on any atom is -0.322 e. The number of hydrogen-bond acceptors (Lipinski definition) is 3. The van der Waals surface area contributed by atoms with Crippen LogP contribution >= 0.6 is 0 Å². The molecule has 0 saturated heterocycles. The molecule has 0 aromatic heterocycles. The molecular formula is C17H16N2O2. The zero-order valence-electron chi connectivity index (χ0n) is 11.5. The summed E-state index contributed by atoms with van der Waals surface area (Å²) in [6.45, 7) is 0.204. The van der Waals surface area contributed by atoms with E-state index in [-0.39, 0.29) is 30.8 Å². The smallest absolute Gasteiger partial charge is 0.260 e. The van der Waals surface area contributed by atoms with Crippen molar-refractivity contribution in [3.05, 3.63) is 71.3 Å². The number of nitrogens with zero attached hydrogens (tertiary/aromatic N) is 1. The highest BCUT2D eigenvalue weighted by molar-refractivity contribution is 6.09. The van der Waals surface area contributed by atoms with Gasteiger partial charge >= 0.3 is 0 Å². The molecule has 106 valence electrons. The molecular weight excluding hydrogens is 264 g/mol. The molecule has 3 rings (SSSR count). The van der Waals surface area contributed by atoms with Gasteiger partial charge in [-0.3, -0.25) is 14.5 Å². The predicted molar refractivity (Wildman–Crippen MR) is 79.6 cm³/mol. The van der Waals surface area contributed by atoms with E-state index in [4.69, 9.17) is 5.73 Å². The molecule has 0 aliphatic carbocycles. The Kier molecular flexibility index (Phi) is 3.54. The monoisotopic (exact) mass is 280 g/mol. The fourth-order valence-corrected chi connectivity index (χ4v) is 2.59. The highest BCUT2D eigenvalue weighted by atomic mass is 16.2. The first-order valence-corrected chi connectivity index (χ1v) is 6.90. The summed E-state index contributed by atoms with van der Waals surface area (Å²) in [4.78, 5) is 25.9.